The Bertz CT molecular complexity index is 651. The normalized spacial score (nSPS) is 23.3. The van der Waals surface area contributed by atoms with E-state index in [-0.39, 0.29) is 18.3 Å². The zero-order chi connectivity index (χ0) is 19.8. The minimum absolute atomic E-state index is 0.0161. The maximum absolute atomic E-state index is 13.1. The van der Waals surface area contributed by atoms with Crippen molar-refractivity contribution in [2.45, 2.75) is 51.5 Å². The van der Waals surface area contributed by atoms with E-state index in [2.05, 4.69) is 16.3 Å². The number of halogens is 1. The van der Waals surface area contributed by atoms with Crippen LogP contribution in [0.4, 0.5) is 4.39 Å². The number of ether oxygens (including phenoxy) is 1. The lowest BCUT2D eigenvalue weighted by Crippen LogP contribution is -2.40. The largest absolute Gasteiger partial charge is 0.372 e. The molecule has 1 aliphatic carbocycles. The molecule has 0 aromatic heterocycles. The van der Waals surface area contributed by atoms with Crippen LogP contribution in [0.5, 0.6) is 0 Å². The van der Waals surface area contributed by atoms with Crippen molar-refractivity contribution in [2.75, 3.05) is 32.8 Å². The monoisotopic (exact) mass is 388 g/mol. The van der Waals surface area contributed by atoms with Crippen LogP contribution in [0.25, 0.3) is 5.57 Å². The molecule has 1 fully saturated rings. The standard InChI is InChI=1S/C23H33FN2O2/c1-2-28-17-23(27)25-22-9-3-18(4-10-22)11-14-26-15-12-20(13-16-26)19-5-7-21(24)8-6-19/h5-8,12,18,22H,2-4,9-11,13-17H2,1H3,(H,25,27)/t18-,22-. The number of hydrogen-bond acceptors (Lipinski definition) is 3. The summed E-state index contributed by atoms with van der Waals surface area (Å²) >= 11 is 0. The molecule has 2 aliphatic rings. The van der Waals surface area contributed by atoms with Gasteiger partial charge in [0.05, 0.1) is 0 Å². The van der Waals surface area contributed by atoms with Gasteiger partial charge < -0.3 is 10.1 Å². The first-order valence-electron chi connectivity index (χ1n) is 10.7. The first kappa shape index (κ1) is 21.0. The molecule has 1 N–H and O–H groups in total. The molecule has 0 bridgehead atoms. The Hall–Kier alpha value is -1.72. The van der Waals surface area contributed by atoms with Crippen LogP contribution in [0.3, 0.4) is 0 Å². The van der Waals surface area contributed by atoms with Gasteiger partial charge in [-0.1, -0.05) is 18.2 Å². The second kappa shape index (κ2) is 10.7. The van der Waals surface area contributed by atoms with E-state index in [1.807, 2.05) is 19.1 Å². The Kier molecular flexibility index (Phi) is 8.04. The molecule has 28 heavy (non-hydrogen) atoms. The van der Waals surface area contributed by atoms with E-state index in [0.717, 1.165) is 50.4 Å². The van der Waals surface area contributed by atoms with Crippen LogP contribution in [-0.2, 0) is 9.53 Å². The van der Waals surface area contributed by atoms with Crippen LogP contribution < -0.4 is 5.32 Å². The van der Waals surface area contributed by atoms with Crippen LogP contribution in [0, 0.1) is 11.7 Å². The molecule has 4 nitrogen and oxygen atoms in total. The minimum Gasteiger partial charge on any atom is -0.372 e. The van der Waals surface area contributed by atoms with Crippen molar-refractivity contribution >= 4 is 11.5 Å². The van der Waals surface area contributed by atoms with Gasteiger partial charge in [0.1, 0.15) is 12.4 Å². The highest BCUT2D eigenvalue weighted by molar-refractivity contribution is 5.77. The van der Waals surface area contributed by atoms with Crippen molar-refractivity contribution in [1.82, 2.24) is 10.2 Å². The predicted octanol–water partition coefficient (Wildman–Crippen LogP) is 4.02. The van der Waals surface area contributed by atoms with Gasteiger partial charge in [-0.15, -0.1) is 0 Å². The minimum atomic E-state index is -0.176. The second-order valence-corrected chi connectivity index (χ2v) is 8.00. The number of carbonyl (C=O) groups is 1. The topological polar surface area (TPSA) is 41.6 Å². The van der Waals surface area contributed by atoms with Crippen molar-refractivity contribution in [3.63, 3.8) is 0 Å². The van der Waals surface area contributed by atoms with Crippen molar-refractivity contribution in [3.8, 4) is 0 Å². The zero-order valence-electron chi connectivity index (χ0n) is 17.0. The number of carbonyl (C=O) groups excluding carboxylic acids is 1. The van der Waals surface area contributed by atoms with Gasteiger partial charge in [-0.2, -0.15) is 0 Å². The third kappa shape index (κ3) is 6.42. The zero-order valence-corrected chi connectivity index (χ0v) is 17.0. The van der Waals surface area contributed by atoms with E-state index in [0.29, 0.717) is 12.6 Å². The fourth-order valence-electron chi connectivity index (χ4n) is 4.27. The quantitative estimate of drug-likeness (QED) is 0.731. The third-order valence-corrected chi connectivity index (χ3v) is 6.01. The summed E-state index contributed by atoms with van der Waals surface area (Å²) in [6.07, 6.45) is 9.12. The van der Waals surface area contributed by atoms with Crippen LogP contribution in [0.2, 0.25) is 0 Å². The highest BCUT2D eigenvalue weighted by Crippen LogP contribution is 2.28. The van der Waals surface area contributed by atoms with Gasteiger partial charge in [-0.05, 0) is 81.2 Å². The van der Waals surface area contributed by atoms with E-state index < -0.39 is 0 Å². The van der Waals surface area contributed by atoms with E-state index in [9.17, 15) is 9.18 Å². The molecule has 1 aromatic carbocycles. The molecule has 1 heterocycles. The van der Waals surface area contributed by atoms with Gasteiger partial charge in [0.15, 0.2) is 0 Å². The summed E-state index contributed by atoms with van der Waals surface area (Å²) in [6.45, 7) is 5.86. The molecular formula is C23H33FN2O2. The molecule has 1 aliphatic heterocycles. The molecule has 1 saturated carbocycles. The van der Waals surface area contributed by atoms with Gasteiger partial charge in [0.2, 0.25) is 5.91 Å². The summed E-state index contributed by atoms with van der Waals surface area (Å²) < 4.78 is 18.2. The van der Waals surface area contributed by atoms with Crippen molar-refractivity contribution in [2.24, 2.45) is 5.92 Å². The molecule has 0 saturated heterocycles. The molecule has 0 atom stereocenters. The van der Waals surface area contributed by atoms with Crippen molar-refractivity contribution in [3.05, 3.63) is 41.7 Å². The fourth-order valence-corrected chi connectivity index (χ4v) is 4.27. The van der Waals surface area contributed by atoms with Gasteiger partial charge in [-0.3, -0.25) is 9.69 Å². The average Bonchev–Trinajstić information content (AvgIpc) is 2.73. The molecular weight excluding hydrogens is 355 g/mol. The van der Waals surface area contributed by atoms with Gasteiger partial charge in [0, 0.05) is 25.7 Å². The predicted molar refractivity (Wildman–Crippen MR) is 110 cm³/mol. The van der Waals surface area contributed by atoms with E-state index in [1.54, 1.807) is 0 Å². The smallest absolute Gasteiger partial charge is 0.246 e. The Labute approximate surface area is 168 Å². The summed E-state index contributed by atoms with van der Waals surface area (Å²) in [5, 5.41) is 3.10. The van der Waals surface area contributed by atoms with Crippen LogP contribution >= 0.6 is 0 Å². The number of rotatable bonds is 8. The molecule has 1 aromatic rings. The molecule has 0 unspecified atom stereocenters. The number of amides is 1. The summed E-state index contributed by atoms with van der Waals surface area (Å²) in [5.74, 6) is 0.607. The van der Waals surface area contributed by atoms with Gasteiger partial charge >= 0.3 is 0 Å². The number of benzene rings is 1. The SMILES string of the molecule is CCOCC(=O)N[C@H]1CC[C@H](CCN2CC=C(c3ccc(F)cc3)CC2)CC1. The summed E-state index contributed by atoms with van der Waals surface area (Å²) in [4.78, 5) is 14.3. The molecule has 1 amide bonds. The highest BCUT2D eigenvalue weighted by Gasteiger charge is 2.23. The molecule has 0 spiro atoms. The maximum Gasteiger partial charge on any atom is 0.246 e. The Balaban J connectivity index is 1.34. The number of hydrogen-bond donors (Lipinski definition) is 1. The van der Waals surface area contributed by atoms with Gasteiger partial charge in [-0.25, -0.2) is 4.39 Å². The Morgan fingerprint density at radius 1 is 1.21 bits per heavy atom. The lowest BCUT2D eigenvalue weighted by atomic mass is 9.84. The molecule has 5 heteroatoms. The number of nitrogens with one attached hydrogen (secondary N) is 1. The molecule has 154 valence electrons. The second-order valence-electron chi connectivity index (χ2n) is 8.00. The van der Waals surface area contributed by atoms with E-state index >= 15 is 0 Å². The van der Waals surface area contributed by atoms with Crippen LogP contribution in [0.15, 0.2) is 30.3 Å². The summed E-state index contributed by atoms with van der Waals surface area (Å²) in [5.41, 5.74) is 2.48. The van der Waals surface area contributed by atoms with Crippen LogP contribution in [-0.4, -0.2) is 49.7 Å². The van der Waals surface area contributed by atoms with Crippen LogP contribution in [0.1, 0.15) is 51.0 Å². The lowest BCUT2D eigenvalue weighted by Gasteiger charge is -2.32. The summed E-state index contributed by atoms with van der Waals surface area (Å²) in [6, 6.07) is 7.15. The van der Waals surface area contributed by atoms with Crippen molar-refractivity contribution < 1.29 is 13.9 Å². The van der Waals surface area contributed by atoms with E-state index in [1.165, 1.54) is 37.0 Å². The fraction of sp³-hybridized carbons (Fsp3) is 0.609. The van der Waals surface area contributed by atoms with E-state index in [4.69, 9.17) is 4.74 Å². The summed E-state index contributed by atoms with van der Waals surface area (Å²) in [7, 11) is 0. The Morgan fingerprint density at radius 3 is 2.61 bits per heavy atom. The number of nitrogens with zero attached hydrogens (tertiary/aromatic N) is 1. The van der Waals surface area contributed by atoms with Crippen molar-refractivity contribution in [1.29, 1.82) is 0 Å². The molecule has 0 radical (unpaired) electrons. The van der Waals surface area contributed by atoms with Gasteiger partial charge in [0.25, 0.3) is 0 Å². The Morgan fingerprint density at radius 2 is 1.96 bits per heavy atom. The maximum atomic E-state index is 13.1. The lowest BCUT2D eigenvalue weighted by molar-refractivity contribution is -0.126. The highest BCUT2D eigenvalue weighted by atomic mass is 19.1. The first-order chi connectivity index (χ1) is 13.6. The third-order valence-electron chi connectivity index (χ3n) is 6.01. The average molecular weight is 389 g/mol. The molecule has 3 rings (SSSR count). The first-order valence-corrected chi connectivity index (χ1v) is 10.7.